The summed E-state index contributed by atoms with van der Waals surface area (Å²) in [4.78, 5) is 15.1. The summed E-state index contributed by atoms with van der Waals surface area (Å²) in [5.74, 6) is -0.974. The smallest absolute Gasteiger partial charge is 0.341 e. The molecule has 0 aliphatic heterocycles. The van der Waals surface area contributed by atoms with E-state index in [9.17, 15) is 4.79 Å². The Labute approximate surface area is 91.7 Å². The first kappa shape index (κ1) is 9.33. The van der Waals surface area contributed by atoms with E-state index in [4.69, 9.17) is 5.11 Å². The molecule has 0 saturated heterocycles. The molecule has 16 heavy (non-hydrogen) atoms. The molecule has 1 aliphatic rings. The molecule has 0 spiro atoms. The van der Waals surface area contributed by atoms with Crippen molar-refractivity contribution in [3.05, 3.63) is 29.2 Å². The van der Waals surface area contributed by atoms with Gasteiger partial charge in [0.25, 0.3) is 0 Å². The van der Waals surface area contributed by atoms with E-state index in [-0.39, 0.29) is 5.56 Å². The number of carboxylic acid groups (broad SMARTS) is 1. The molecule has 5 nitrogen and oxygen atoms in total. The normalized spacial score (nSPS) is 15.0. The van der Waals surface area contributed by atoms with Gasteiger partial charge in [0, 0.05) is 11.9 Å². The summed E-state index contributed by atoms with van der Waals surface area (Å²) >= 11 is 0. The average molecular weight is 217 g/mol. The molecule has 5 heteroatoms. The lowest BCUT2D eigenvalue weighted by atomic mass is 9.97. The van der Waals surface area contributed by atoms with Crippen molar-refractivity contribution in [2.45, 2.75) is 25.7 Å². The SMILES string of the molecule is O=C(O)c1cnn2c3c(cnc12)CCCC3. The number of hydrogen-bond acceptors (Lipinski definition) is 3. The second-order valence-electron chi connectivity index (χ2n) is 4.04. The molecule has 2 aromatic rings. The van der Waals surface area contributed by atoms with Crippen molar-refractivity contribution >= 4 is 11.6 Å². The molecule has 0 fully saturated rings. The number of aryl methyl sites for hydroxylation is 2. The van der Waals surface area contributed by atoms with E-state index in [2.05, 4.69) is 10.1 Å². The van der Waals surface area contributed by atoms with Crippen LogP contribution in [0.1, 0.15) is 34.5 Å². The van der Waals surface area contributed by atoms with Crippen molar-refractivity contribution in [2.75, 3.05) is 0 Å². The third kappa shape index (κ3) is 1.21. The number of carbonyl (C=O) groups is 1. The van der Waals surface area contributed by atoms with Crippen LogP contribution >= 0.6 is 0 Å². The highest BCUT2D eigenvalue weighted by Crippen LogP contribution is 2.22. The molecule has 1 aliphatic carbocycles. The number of aromatic carboxylic acids is 1. The van der Waals surface area contributed by atoms with E-state index < -0.39 is 5.97 Å². The number of carboxylic acids is 1. The summed E-state index contributed by atoms with van der Waals surface area (Å²) in [7, 11) is 0. The van der Waals surface area contributed by atoms with Crippen LogP contribution in [0.3, 0.4) is 0 Å². The fourth-order valence-electron chi connectivity index (χ4n) is 2.25. The molecule has 0 radical (unpaired) electrons. The lowest BCUT2D eigenvalue weighted by Crippen LogP contribution is -2.11. The van der Waals surface area contributed by atoms with Crippen LogP contribution in [-0.2, 0) is 12.8 Å². The zero-order valence-electron chi connectivity index (χ0n) is 8.68. The summed E-state index contributed by atoms with van der Waals surface area (Å²) in [6, 6.07) is 0. The van der Waals surface area contributed by atoms with E-state index in [1.54, 1.807) is 10.7 Å². The predicted octanol–water partition coefficient (Wildman–Crippen LogP) is 1.31. The molecule has 0 saturated carbocycles. The van der Waals surface area contributed by atoms with E-state index >= 15 is 0 Å². The number of rotatable bonds is 1. The average Bonchev–Trinajstić information content (AvgIpc) is 2.73. The Morgan fingerprint density at radius 1 is 1.31 bits per heavy atom. The van der Waals surface area contributed by atoms with Gasteiger partial charge in [0.1, 0.15) is 5.56 Å². The third-order valence-corrected chi connectivity index (χ3v) is 3.05. The van der Waals surface area contributed by atoms with Gasteiger partial charge in [-0.3, -0.25) is 0 Å². The second-order valence-corrected chi connectivity index (χ2v) is 4.04. The Hall–Kier alpha value is -1.91. The summed E-state index contributed by atoms with van der Waals surface area (Å²) in [6.45, 7) is 0. The molecule has 2 aromatic heterocycles. The van der Waals surface area contributed by atoms with E-state index in [0.717, 1.165) is 25.0 Å². The maximum absolute atomic E-state index is 11.0. The first-order chi connectivity index (χ1) is 7.77. The first-order valence-electron chi connectivity index (χ1n) is 5.35. The minimum absolute atomic E-state index is 0.174. The molecular formula is C11H11N3O2. The molecule has 0 atom stereocenters. The zero-order chi connectivity index (χ0) is 11.1. The van der Waals surface area contributed by atoms with Gasteiger partial charge in [-0.05, 0) is 31.2 Å². The summed E-state index contributed by atoms with van der Waals surface area (Å²) in [5.41, 5.74) is 2.93. The topological polar surface area (TPSA) is 67.5 Å². The van der Waals surface area contributed by atoms with E-state index in [1.807, 2.05) is 0 Å². The molecule has 2 heterocycles. The van der Waals surface area contributed by atoms with Gasteiger partial charge in [-0.1, -0.05) is 0 Å². The summed E-state index contributed by atoms with van der Waals surface area (Å²) < 4.78 is 1.68. The Balaban J connectivity index is 2.29. The van der Waals surface area contributed by atoms with Crippen LogP contribution in [0.15, 0.2) is 12.4 Å². The molecule has 0 aromatic carbocycles. The van der Waals surface area contributed by atoms with Gasteiger partial charge < -0.3 is 5.11 Å². The molecule has 82 valence electrons. The van der Waals surface area contributed by atoms with Crippen molar-refractivity contribution in [2.24, 2.45) is 0 Å². The van der Waals surface area contributed by atoms with Crippen LogP contribution < -0.4 is 0 Å². The van der Waals surface area contributed by atoms with Crippen LogP contribution in [0.25, 0.3) is 5.65 Å². The minimum Gasteiger partial charge on any atom is -0.477 e. The summed E-state index contributed by atoms with van der Waals surface area (Å²) in [5, 5.41) is 13.1. The van der Waals surface area contributed by atoms with Crippen molar-refractivity contribution in [3.8, 4) is 0 Å². The maximum atomic E-state index is 11.0. The Kier molecular flexibility index (Phi) is 1.92. The van der Waals surface area contributed by atoms with Crippen molar-refractivity contribution in [1.29, 1.82) is 0 Å². The number of aromatic nitrogens is 3. The van der Waals surface area contributed by atoms with Crippen LogP contribution in [0.5, 0.6) is 0 Å². The highest BCUT2D eigenvalue weighted by atomic mass is 16.4. The van der Waals surface area contributed by atoms with Crippen molar-refractivity contribution < 1.29 is 9.90 Å². The van der Waals surface area contributed by atoms with E-state index in [0.29, 0.717) is 5.65 Å². The van der Waals surface area contributed by atoms with Crippen LogP contribution in [0.4, 0.5) is 0 Å². The standard InChI is InChI=1S/C11H11N3O2/c15-11(16)8-6-13-14-9-4-2-1-3-7(9)5-12-10(8)14/h5-6H,1-4H2,(H,15,16). The fourth-order valence-corrected chi connectivity index (χ4v) is 2.25. The minimum atomic E-state index is -0.974. The molecule has 0 bridgehead atoms. The largest absolute Gasteiger partial charge is 0.477 e. The molecule has 0 amide bonds. The van der Waals surface area contributed by atoms with Crippen LogP contribution in [0.2, 0.25) is 0 Å². The van der Waals surface area contributed by atoms with Gasteiger partial charge in [0.05, 0.1) is 6.20 Å². The molecule has 3 rings (SSSR count). The number of hydrogen-bond donors (Lipinski definition) is 1. The number of nitrogens with zero attached hydrogens (tertiary/aromatic N) is 3. The molecular weight excluding hydrogens is 206 g/mol. The Morgan fingerprint density at radius 3 is 2.94 bits per heavy atom. The Morgan fingerprint density at radius 2 is 2.12 bits per heavy atom. The van der Waals surface area contributed by atoms with Crippen molar-refractivity contribution in [3.63, 3.8) is 0 Å². The summed E-state index contributed by atoms with van der Waals surface area (Å²) in [6.07, 6.45) is 7.44. The number of fused-ring (bicyclic) bond motifs is 3. The fraction of sp³-hybridized carbons (Fsp3) is 0.364. The maximum Gasteiger partial charge on any atom is 0.341 e. The molecule has 0 unspecified atom stereocenters. The van der Waals surface area contributed by atoms with Gasteiger partial charge in [-0.25, -0.2) is 14.3 Å². The van der Waals surface area contributed by atoms with Gasteiger partial charge in [0.15, 0.2) is 5.65 Å². The highest BCUT2D eigenvalue weighted by molar-refractivity contribution is 5.94. The van der Waals surface area contributed by atoms with Crippen molar-refractivity contribution in [1.82, 2.24) is 14.6 Å². The zero-order valence-corrected chi connectivity index (χ0v) is 8.68. The van der Waals surface area contributed by atoms with Gasteiger partial charge >= 0.3 is 5.97 Å². The van der Waals surface area contributed by atoms with Gasteiger partial charge in [-0.15, -0.1) is 0 Å². The first-order valence-corrected chi connectivity index (χ1v) is 5.35. The predicted molar refractivity (Wildman–Crippen MR) is 56.6 cm³/mol. The second kappa shape index (κ2) is 3.30. The third-order valence-electron chi connectivity index (χ3n) is 3.05. The highest BCUT2D eigenvalue weighted by Gasteiger charge is 2.18. The lowest BCUT2D eigenvalue weighted by molar-refractivity contribution is 0.0699. The van der Waals surface area contributed by atoms with Crippen LogP contribution in [-0.4, -0.2) is 25.7 Å². The lowest BCUT2D eigenvalue weighted by Gasteiger charge is -2.15. The van der Waals surface area contributed by atoms with E-state index in [1.165, 1.54) is 18.2 Å². The quantitative estimate of drug-likeness (QED) is 0.781. The van der Waals surface area contributed by atoms with Gasteiger partial charge in [0.2, 0.25) is 0 Å². The molecule has 1 N–H and O–H groups in total. The van der Waals surface area contributed by atoms with Crippen LogP contribution in [0, 0.1) is 0 Å². The van der Waals surface area contributed by atoms with Gasteiger partial charge in [-0.2, -0.15) is 5.10 Å². The monoisotopic (exact) mass is 217 g/mol. The Bertz CT molecular complexity index is 574.